The van der Waals surface area contributed by atoms with Crippen LogP contribution in [0.15, 0.2) is 48.5 Å². The van der Waals surface area contributed by atoms with Gasteiger partial charge in [-0.3, -0.25) is 9.69 Å². The second-order valence-electron chi connectivity index (χ2n) is 12.6. The molecule has 1 unspecified atom stereocenters. The number of carbonyl (C=O) groups excluding carboxylic acids is 2. The van der Waals surface area contributed by atoms with Crippen LogP contribution in [0.25, 0.3) is 0 Å². The monoisotopic (exact) mass is 605 g/mol. The molecular weight excluding hydrogens is 546 g/mol. The van der Waals surface area contributed by atoms with E-state index in [9.17, 15) is 9.59 Å². The van der Waals surface area contributed by atoms with Gasteiger partial charge in [-0.1, -0.05) is 142 Å². The summed E-state index contributed by atoms with van der Waals surface area (Å²) in [7, 11) is 0. The summed E-state index contributed by atoms with van der Waals surface area (Å²) in [6.07, 6.45) is 24.6. The zero-order valence-electron chi connectivity index (χ0n) is 27.8. The molecule has 244 valence electrons. The van der Waals surface area contributed by atoms with Gasteiger partial charge < -0.3 is 9.47 Å². The van der Waals surface area contributed by atoms with E-state index in [1.165, 1.54) is 103 Å². The summed E-state index contributed by atoms with van der Waals surface area (Å²) >= 11 is 0. The van der Waals surface area contributed by atoms with Crippen molar-refractivity contribution in [2.24, 2.45) is 0 Å². The maximum atomic E-state index is 13.7. The minimum atomic E-state index is -0.752. The van der Waals surface area contributed by atoms with Gasteiger partial charge in [0.1, 0.15) is 5.75 Å². The standard InChI is InChI=1S/C39H59NO4/c1-3-5-7-9-11-13-14-15-16-18-20-24-32-43-34-29-27-33(28-30-34)38-40(31-23-19-17-12-10-8-6-4-2)37(41)35-25-21-22-26-36(35)39(42)44-38/h21-22,25-30,38H,3-20,23-24,31-32H2,1-2H3. The summed E-state index contributed by atoms with van der Waals surface area (Å²) in [5.41, 5.74) is 1.54. The molecule has 1 aliphatic heterocycles. The van der Waals surface area contributed by atoms with Gasteiger partial charge in [0.15, 0.2) is 0 Å². The summed E-state index contributed by atoms with van der Waals surface area (Å²) in [6, 6.07) is 14.7. The molecule has 2 aromatic carbocycles. The Morgan fingerprint density at radius 3 is 1.61 bits per heavy atom. The van der Waals surface area contributed by atoms with Crippen LogP contribution in [0.3, 0.4) is 0 Å². The summed E-state index contributed by atoms with van der Waals surface area (Å²) < 4.78 is 12.0. The van der Waals surface area contributed by atoms with E-state index in [1.54, 1.807) is 29.2 Å². The topological polar surface area (TPSA) is 55.8 Å². The van der Waals surface area contributed by atoms with Gasteiger partial charge in [0.05, 0.1) is 17.7 Å². The Labute approximate surface area is 268 Å². The lowest BCUT2D eigenvalue weighted by Crippen LogP contribution is -2.36. The van der Waals surface area contributed by atoms with Gasteiger partial charge in [-0.05, 0) is 49.2 Å². The molecule has 1 aliphatic rings. The number of esters is 1. The average Bonchev–Trinajstić information content (AvgIpc) is 3.15. The summed E-state index contributed by atoms with van der Waals surface area (Å²) in [5, 5.41) is 0. The third-order valence-electron chi connectivity index (χ3n) is 8.82. The fourth-order valence-electron chi connectivity index (χ4n) is 6.08. The lowest BCUT2D eigenvalue weighted by atomic mass is 10.1. The van der Waals surface area contributed by atoms with E-state index in [0.717, 1.165) is 37.0 Å². The molecule has 0 fully saturated rings. The number of carbonyl (C=O) groups is 2. The van der Waals surface area contributed by atoms with Gasteiger partial charge in [-0.25, -0.2) is 4.79 Å². The van der Waals surface area contributed by atoms with Crippen LogP contribution in [0.2, 0.25) is 0 Å². The van der Waals surface area contributed by atoms with Crippen LogP contribution in [0.4, 0.5) is 0 Å². The van der Waals surface area contributed by atoms with Gasteiger partial charge >= 0.3 is 5.97 Å². The van der Waals surface area contributed by atoms with E-state index < -0.39 is 12.2 Å². The van der Waals surface area contributed by atoms with Crippen LogP contribution in [-0.2, 0) is 4.74 Å². The number of amides is 1. The molecule has 1 amide bonds. The normalized spacial score (nSPS) is 14.8. The van der Waals surface area contributed by atoms with Crippen LogP contribution < -0.4 is 4.74 Å². The Balaban J connectivity index is 1.45. The first-order valence-corrected chi connectivity index (χ1v) is 18.0. The van der Waals surface area contributed by atoms with Gasteiger partial charge in [-0.2, -0.15) is 0 Å². The molecule has 0 aromatic heterocycles. The largest absolute Gasteiger partial charge is 0.494 e. The molecule has 0 saturated carbocycles. The van der Waals surface area contributed by atoms with E-state index in [-0.39, 0.29) is 5.91 Å². The highest BCUT2D eigenvalue weighted by Crippen LogP contribution is 2.32. The van der Waals surface area contributed by atoms with Crippen molar-refractivity contribution in [2.45, 2.75) is 148 Å². The molecule has 1 atom stereocenters. The van der Waals surface area contributed by atoms with Crippen molar-refractivity contribution >= 4 is 11.9 Å². The van der Waals surface area contributed by atoms with Crippen LogP contribution in [-0.4, -0.2) is 29.9 Å². The van der Waals surface area contributed by atoms with Crippen LogP contribution >= 0.6 is 0 Å². The van der Waals surface area contributed by atoms with Gasteiger partial charge in [0.25, 0.3) is 5.91 Å². The number of hydrogen-bond donors (Lipinski definition) is 0. The Morgan fingerprint density at radius 1 is 0.591 bits per heavy atom. The Bertz CT molecular complexity index is 1070. The third-order valence-corrected chi connectivity index (χ3v) is 8.82. The molecule has 2 aromatic rings. The Morgan fingerprint density at radius 2 is 1.07 bits per heavy atom. The summed E-state index contributed by atoms with van der Waals surface area (Å²) in [4.78, 5) is 28.5. The predicted molar refractivity (Wildman–Crippen MR) is 181 cm³/mol. The van der Waals surface area contributed by atoms with E-state index >= 15 is 0 Å². The van der Waals surface area contributed by atoms with Crippen LogP contribution in [0, 0.1) is 0 Å². The number of rotatable bonds is 24. The number of benzene rings is 2. The zero-order chi connectivity index (χ0) is 31.2. The minimum Gasteiger partial charge on any atom is -0.494 e. The first kappa shape index (κ1) is 35.7. The van der Waals surface area contributed by atoms with Crippen LogP contribution in [0.1, 0.15) is 175 Å². The maximum Gasteiger partial charge on any atom is 0.341 e. The number of cyclic esters (lactones) is 1. The molecule has 0 aliphatic carbocycles. The smallest absolute Gasteiger partial charge is 0.341 e. The van der Waals surface area contributed by atoms with Crippen molar-refractivity contribution in [1.82, 2.24) is 4.90 Å². The molecule has 5 nitrogen and oxygen atoms in total. The van der Waals surface area contributed by atoms with E-state index in [4.69, 9.17) is 9.47 Å². The first-order valence-electron chi connectivity index (χ1n) is 18.0. The van der Waals surface area contributed by atoms with Crippen molar-refractivity contribution in [3.63, 3.8) is 0 Å². The van der Waals surface area contributed by atoms with Gasteiger partial charge in [0.2, 0.25) is 6.23 Å². The lowest BCUT2D eigenvalue weighted by Gasteiger charge is -2.29. The number of fused-ring (bicyclic) bond motifs is 1. The molecule has 0 spiro atoms. The second-order valence-corrected chi connectivity index (χ2v) is 12.6. The molecule has 1 heterocycles. The number of ether oxygens (including phenoxy) is 2. The fourth-order valence-corrected chi connectivity index (χ4v) is 6.08. The van der Waals surface area contributed by atoms with Crippen molar-refractivity contribution in [3.8, 4) is 5.75 Å². The van der Waals surface area contributed by atoms with Gasteiger partial charge in [0, 0.05) is 12.1 Å². The number of unbranched alkanes of at least 4 members (excludes halogenated alkanes) is 18. The number of nitrogens with zero attached hydrogens (tertiary/aromatic N) is 1. The molecule has 3 rings (SSSR count). The molecule has 0 saturated heterocycles. The molecule has 0 radical (unpaired) electrons. The minimum absolute atomic E-state index is 0.147. The molecule has 44 heavy (non-hydrogen) atoms. The van der Waals surface area contributed by atoms with Crippen LogP contribution in [0.5, 0.6) is 5.75 Å². The Kier molecular flexibility index (Phi) is 17.7. The molecule has 0 N–H and O–H groups in total. The molecular formula is C39H59NO4. The van der Waals surface area contributed by atoms with E-state index in [0.29, 0.717) is 24.3 Å². The highest BCUT2D eigenvalue weighted by molar-refractivity contribution is 6.06. The molecule has 0 bridgehead atoms. The average molecular weight is 606 g/mol. The summed E-state index contributed by atoms with van der Waals surface area (Å²) in [5.74, 6) is 0.206. The fraction of sp³-hybridized carbons (Fsp3) is 0.641. The maximum absolute atomic E-state index is 13.7. The zero-order valence-corrected chi connectivity index (χ0v) is 27.8. The van der Waals surface area contributed by atoms with Crippen molar-refractivity contribution < 1.29 is 19.1 Å². The van der Waals surface area contributed by atoms with Crippen molar-refractivity contribution in [2.75, 3.05) is 13.2 Å². The lowest BCUT2D eigenvalue weighted by molar-refractivity contribution is -0.0224. The third kappa shape index (κ3) is 12.7. The summed E-state index contributed by atoms with van der Waals surface area (Å²) in [6.45, 7) is 5.76. The highest BCUT2D eigenvalue weighted by atomic mass is 16.6. The van der Waals surface area contributed by atoms with Crippen molar-refractivity contribution in [3.05, 3.63) is 65.2 Å². The first-order chi connectivity index (χ1) is 21.7. The highest BCUT2D eigenvalue weighted by Gasteiger charge is 2.35. The number of hydrogen-bond acceptors (Lipinski definition) is 4. The predicted octanol–water partition coefficient (Wildman–Crippen LogP) is 11.2. The van der Waals surface area contributed by atoms with Gasteiger partial charge in [-0.15, -0.1) is 0 Å². The quantitative estimate of drug-likeness (QED) is 0.0882. The van der Waals surface area contributed by atoms with Crippen molar-refractivity contribution in [1.29, 1.82) is 0 Å². The SMILES string of the molecule is CCCCCCCCCCCCCCOc1ccc(C2OC(=O)c3ccccc3C(=O)N2CCCCCCCCCC)cc1. The Hall–Kier alpha value is -2.82. The van der Waals surface area contributed by atoms with E-state index in [2.05, 4.69) is 13.8 Å². The molecule has 5 heteroatoms. The van der Waals surface area contributed by atoms with E-state index in [1.807, 2.05) is 24.3 Å². The second kappa shape index (κ2) is 21.8.